The second-order valence-corrected chi connectivity index (χ2v) is 13.8. The third kappa shape index (κ3) is 5.36. The summed E-state index contributed by atoms with van der Waals surface area (Å²) in [5.41, 5.74) is 6.10. The van der Waals surface area contributed by atoms with Gasteiger partial charge in [0.25, 0.3) is 0 Å². The van der Waals surface area contributed by atoms with E-state index >= 15 is 0 Å². The van der Waals surface area contributed by atoms with Crippen LogP contribution in [0, 0.1) is 5.41 Å². The van der Waals surface area contributed by atoms with Crippen LogP contribution in [0.3, 0.4) is 0 Å². The van der Waals surface area contributed by atoms with E-state index in [1.165, 1.54) is 70.4 Å². The summed E-state index contributed by atoms with van der Waals surface area (Å²) in [6.45, 7) is 0. The van der Waals surface area contributed by atoms with Gasteiger partial charge in [-0.1, -0.05) is 182 Å². The van der Waals surface area contributed by atoms with E-state index in [1.54, 1.807) is 0 Å². The van der Waals surface area contributed by atoms with Crippen LogP contribution in [0.1, 0.15) is 16.7 Å². The first-order valence-corrected chi connectivity index (χ1v) is 18.4. The lowest BCUT2D eigenvalue weighted by molar-refractivity contribution is 1.41. The number of hydrogen-bond acceptors (Lipinski definition) is 1. The summed E-state index contributed by atoms with van der Waals surface area (Å²) in [4.78, 5) is 4.97. The van der Waals surface area contributed by atoms with Crippen molar-refractivity contribution in [2.75, 3.05) is 0 Å². The first-order chi connectivity index (χ1) is 26.7. The van der Waals surface area contributed by atoms with Gasteiger partial charge in [-0.15, -0.1) is 0 Å². The van der Waals surface area contributed by atoms with E-state index in [0.29, 0.717) is 0 Å². The topological polar surface area (TPSA) is 36.2 Å². The second-order valence-electron chi connectivity index (χ2n) is 13.8. The number of amidine groups is 1. The molecule has 1 N–H and O–H groups in total. The number of nitrogens with zero attached hydrogens (tertiary/aromatic N) is 1. The lowest BCUT2D eigenvalue weighted by Crippen LogP contribution is -2.04. The third-order valence-electron chi connectivity index (χ3n) is 10.7. The van der Waals surface area contributed by atoms with Crippen molar-refractivity contribution in [3.05, 3.63) is 211 Å². The Hall–Kier alpha value is -7.16. The Morgan fingerprint density at radius 1 is 0.370 bits per heavy atom. The molecule has 2 heteroatoms. The second kappa shape index (κ2) is 13.1. The molecule has 0 heterocycles. The highest BCUT2D eigenvalue weighted by Gasteiger charge is 2.19. The van der Waals surface area contributed by atoms with E-state index in [4.69, 9.17) is 10.4 Å². The van der Waals surface area contributed by atoms with Gasteiger partial charge in [0.15, 0.2) is 5.84 Å². The van der Waals surface area contributed by atoms with Gasteiger partial charge in [-0.2, -0.15) is 0 Å². The van der Waals surface area contributed by atoms with Gasteiger partial charge < -0.3 is 0 Å². The maximum atomic E-state index is 9.00. The van der Waals surface area contributed by atoms with E-state index in [2.05, 4.69) is 170 Å². The molecule has 0 radical (unpaired) electrons. The number of hydrogen-bond donors (Lipinski definition) is 1. The zero-order chi connectivity index (χ0) is 36.0. The van der Waals surface area contributed by atoms with E-state index in [0.717, 1.165) is 27.8 Å². The molecule has 0 amide bonds. The average molecular weight is 687 g/mol. The number of fused-ring (bicyclic) bond motifs is 7. The predicted octanol–water partition coefficient (Wildman–Crippen LogP) is 13.8. The van der Waals surface area contributed by atoms with Crippen LogP contribution < -0.4 is 0 Å². The van der Waals surface area contributed by atoms with Crippen LogP contribution in [-0.4, -0.2) is 11.5 Å². The Bertz CT molecular complexity index is 3110. The molecule has 0 bridgehead atoms. The zero-order valence-electron chi connectivity index (χ0n) is 29.5. The monoisotopic (exact) mass is 686 g/mol. The van der Waals surface area contributed by atoms with Crippen molar-refractivity contribution in [2.24, 2.45) is 4.99 Å². The van der Waals surface area contributed by atoms with E-state index in [-0.39, 0.29) is 5.84 Å². The lowest BCUT2D eigenvalue weighted by Gasteiger charge is -2.20. The minimum absolute atomic E-state index is 0.226. The highest BCUT2D eigenvalue weighted by molar-refractivity contribution is 6.28. The Balaban J connectivity index is 1.24. The van der Waals surface area contributed by atoms with Crippen LogP contribution in [0.5, 0.6) is 0 Å². The van der Waals surface area contributed by atoms with E-state index < -0.39 is 0 Å². The molecule has 0 spiro atoms. The fourth-order valence-corrected chi connectivity index (χ4v) is 8.19. The largest absolute Gasteiger partial charge is 0.282 e. The van der Waals surface area contributed by atoms with Crippen molar-refractivity contribution in [3.63, 3.8) is 0 Å². The van der Waals surface area contributed by atoms with Crippen molar-refractivity contribution in [3.8, 4) is 11.1 Å². The van der Waals surface area contributed by atoms with E-state index in [1.807, 2.05) is 30.3 Å². The molecule has 2 nitrogen and oxygen atoms in total. The highest BCUT2D eigenvalue weighted by Crippen LogP contribution is 2.46. The molecule has 0 aliphatic carbocycles. The Kier molecular flexibility index (Phi) is 7.66. The predicted molar refractivity (Wildman–Crippen MR) is 232 cm³/mol. The summed E-state index contributed by atoms with van der Waals surface area (Å²) in [6, 6.07) is 66.6. The molecule has 0 fully saturated rings. The van der Waals surface area contributed by atoms with Gasteiger partial charge >= 0.3 is 0 Å². The third-order valence-corrected chi connectivity index (χ3v) is 10.7. The minimum atomic E-state index is 0.226. The highest BCUT2D eigenvalue weighted by atomic mass is 14.8. The van der Waals surface area contributed by atoms with Crippen molar-refractivity contribution in [1.29, 1.82) is 5.41 Å². The van der Waals surface area contributed by atoms with Crippen LogP contribution in [0.25, 0.3) is 81.8 Å². The molecular weight excluding hydrogens is 653 g/mol. The number of aliphatic imine (C=N–C) groups is 1. The maximum Gasteiger partial charge on any atom is 0.152 e. The van der Waals surface area contributed by atoms with Gasteiger partial charge in [-0.05, 0) is 99.5 Å². The first-order valence-electron chi connectivity index (χ1n) is 18.4. The van der Waals surface area contributed by atoms with Gasteiger partial charge in [-0.25, -0.2) is 4.99 Å². The Morgan fingerprint density at radius 2 is 0.889 bits per heavy atom. The normalized spacial score (nSPS) is 12.2. The van der Waals surface area contributed by atoms with Crippen molar-refractivity contribution < 1.29 is 0 Å². The number of nitrogens with one attached hydrogen (secondary N) is 1. The molecule has 252 valence electrons. The minimum Gasteiger partial charge on any atom is -0.282 e. The number of allylic oxidation sites excluding steroid dienone is 1. The van der Waals surface area contributed by atoms with Crippen LogP contribution in [0.15, 0.2) is 199 Å². The van der Waals surface area contributed by atoms with Gasteiger partial charge in [-0.3, -0.25) is 5.41 Å². The molecule has 0 saturated carbocycles. The molecule has 0 aliphatic heterocycles. The zero-order valence-corrected chi connectivity index (χ0v) is 29.5. The molecule has 0 aliphatic rings. The van der Waals surface area contributed by atoms with Crippen LogP contribution in [-0.2, 0) is 0 Å². The first kappa shape index (κ1) is 31.6. The Labute approximate surface area is 313 Å². The fourth-order valence-electron chi connectivity index (χ4n) is 8.19. The lowest BCUT2D eigenvalue weighted by atomic mass is 9.83. The number of rotatable bonds is 5. The van der Waals surface area contributed by atoms with Gasteiger partial charge in [0, 0.05) is 11.1 Å². The summed E-state index contributed by atoms with van der Waals surface area (Å²) in [5, 5.41) is 23.5. The summed E-state index contributed by atoms with van der Waals surface area (Å²) in [6.07, 6.45) is 4.30. The van der Waals surface area contributed by atoms with Crippen molar-refractivity contribution >= 4 is 82.3 Å². The summed E-state index contributed by atoms with van der Waals surface area (Å²) < 4.78 is 0. The summed E-state index contributed by atoms with van der Waals surface area (Å²) in [7, 11) is 0. The molecule has 0 unspecified atom stereocenters. The standard InChI is InChI=1S/C52H34N2/c53-52(36-16-2-1-3-17-36)54-49(39-27-26-34-14-4-5-18-37(34)32-39)31-30-44-42-22-10-12-24-45(42)51(46-25-13-11-23-43(44)46)50-41-21-9-7-19-38(41)33-48-40-20-8-6-15-35(40)28-29-47(48)50/h1-33,53H/b31-30+,53-52?,54-49?. The van der Waals surface area contributed by atoms with Crippen LogP contribution >= 0.6 is 0 Å². The summed E-state index contributed by atoms with van der Waals surface area (Å²) in [5.74, 6) is 0.226. The van der Waals surface area contributed by atoms with Gasteiger partial charge in [0.2, 0.25) is 0 Å². The molecule has 10 aromatic rings. The molecule has 10 rings (SSSR count). The summed E-state index contributed by atoms with van der Waals surface area (Å²) >= 11 is 0. The van der Waals surface area contributed by atoms with Crippen molar-refractivity contribution in [2.45, 2.75) is 0 Å². The quantitative estimate of drug-likeness (QED) is 0.0810. The maximum absolute atomic E-state index is 9.00. The van der Waals surface area contributed by atoms with Crippen molar-refractivity contribution in [1.82, 2.24) is 0 Å². The Morgan fingerprint density at radius 3 is 1.61 bits per heavy atom. The van der Waals surface area contributed by atoms with Crippen LogP contribution in [0.4, 0.5) is 0 Å². The molecule has 0 saturated heterocycles. The smallest absolute Gasteiger partial charge is 0.152 e. The van der Waals surface area contributed by atoms with Gasteiger partial charge in [0.05, 0.1) is 5.71 Å². The number of benzene rings is 10. The molecule has 54 heavy (non-hydrogen) atoms. The van der Waals surface area contributed by atoms with Crippen LogP contribution in [0.2, 0.25) is 0 Å². The molecular formula is C52H34N2. The van der Waals surface area contributed by atoms with Gasteiger partial charge in [0.1, 0.15) is 0 Å². The molecule has 0 atom stereocenters. The molecule has 0 aromatic heterocycles. The fraction of sp³-hybridized carbons (Fsp3) is 0. The molecule has 10 aromatic carbocycles. The SMILES string of the molecule is N=C(N=C(/C=C/c1c2ccccc2c(-c2c3ccccc3cc3c2ccc2ccccc23)c2ccccc12)c1ccc2ccccc2c1)c1ccccc1. The van der Waals surface area contributed by atoms with E-state index in [9.17, 15) is 0 Å². The average Bonchev–Trinajstić information content (AvgIpc) is 3.24.